The van der Waals surface area contributed by atoms with Gasteiger partial charge in [0.2, 0.25) is 11.8 Å². The van der Waals surface area contributed by atoms with E-state index in [4.69, 9.17) is 4.74 Å². The first kappa shape index (κ1) is 22.3. The number of piperidine rings is 1. The van der Waals surface area contributed by atoms with E-state index in [0.29, 0.717) is 31.6 Å². The molecule has 0 unspecified atom stereocenters. The molecule has 3 N–H and O–H groups in total. The smallest absolute Gasteiger partial charge is 0.227 e. The number of aliphatic hydroxyl groups is 2. The summed E-state index contributed by atoms with van der Waals surface area (Å²) in [4.78, 5) is 27.5. The third-order valence-corrected chi connectivity index (χ3v) is 6.70. The van der Waals surface area contributed by atoms with Crippen molar-refractivity contribution in [3.63, 3.8) is 0 Å². The molecule has 0 radical (unpaired) electrons. The Labute approximate surface area is 188 Å². The maximum Gasteiger partial charge on any atom is 0.227 e. The lowest BCUT2D eigenvalue weighted by atomic mass is 9.76. The SMILES string of the molecule is COc1cccc(CC(=O)N2CC[C@@](NC(=O)C3CC(O)C3)(c3ccccc3)[C@H](O)C2)c1. The number of methoxy groups -OCH3 is 1. The first-order valence-electron chi connectivity index (χ1n) is 11.1. The number of hydrogen-bond donors (Lipinski definition) is 3. The zero-order valence-electron chi connectivity index (χ0n) is 18.2. The van der Waals surface area contributed by atoms with Gasteiger partial charge in [0.25, 0.3) is 0 Å². The molecule has 1 saturated carbocycles. The molecule has 0 aromatic heterocycles. The molecule has 7 nitrogen and oxygen atoms in total. The Morgan fingerprint density at radius 1 is 1.12 bits per heavy atom. The van der Waals surface area contributed by atoms with Crippen LogP contribution in [-0.4, -0.2) is 59.3 Å². The fraction of sp³-hybridized carbons (Fsp3) is 0.440. The van der Waals surface area contributed by atoms with Crippen molar-refractivity contribution in [2.75, 3.05) is 20.2 Å². The number of hydrogen-bond acceptors (Lipinski definition) is 5. The number of amides is 2. The van der Waals surface area contributed by atoms with Crippen molar-refractivity contribution >= 4 is 11.8 Å². The zero-order valence-corrected chi connectivity index (χ0v) is 18.2. The fourth-order valence-electron chi connectivity index (χ4n) is 4.64. The highest BCUT2D eigenvalue weighted by Gasteiger charge is 2.47. The van der Waals surface area contributed by atoms with Crippen LogP contribution >= 0.6 is 0 Å². The van der Waals surface area contributed by atoms with Crippen LogP contribution in [-0.2, 0) is 21.5 Å². The number of rotatable bonds is 6. The van der Waals surface area contributed by atoms with Crippen molar-refractivity contribution in [1.29, 1.82) is 0 Å². The van der Waals surface area contributed by atoms with E-state index < -0.39 is 17.7 Å². The Hall–Kier alpha value is -2.90. The molecule has 1 saturated heterocycles. The second-order valence-electron chi connectivity index (χ2n) is 8.78. The maximum absolute atomic E-state index is 12.9. The van der Waals surface area contributed by atoms with Crippen LogP contribution in [0.4, 0.5) is 0 Å². The van der Waals surface area contributed by atoms with Crippen LogP contribution in [0, 0.1) is 5.92 Å². The third-order valence-electron chi connectivity index (χ3n) is 6.70. The van der Waals surface area contributed by atoms with Gasteiger partial charge in [-0.25, -0.2) is 0 Å². The number of likely N-dealkylation sites (tertiary alicyclic amines) is 1. The number of benzene rings is 2. The predicted molar refractivity (Wildman–Crippen MR) is 119 cm³/mol. The van der Waals surface area contributed by atoms with Crippen molar-refractivity contribution in [1.82, 2.24) is 10.2 Å². The standard InChI is InChI=1S/C25H30N2O5/c1-32-21-9-5-6-17(12-21)13-23(30)27-11-10-25(22(29)16-27,19-7-3-2-4-8-19)26-24(31)18-14-20(28)15-18/h2-9,12,18,20,22,28-29H,10-11,13-16H2,1H3,(H,26,31)/t18?,20?,22-,25-/m1/s1. The number of ether oxygens (including phenoxy) is 1. The fourth-order valence-corrected chi connectivity index (χ4v) is 4.64. The van der Waals surface area contributed by atoms with E-state index in [9.17, 15) is 19.8 Å². The molecule has 2 amide bonds. The molecule has 32 heavy (non-hydrogen) atoms. The van der Waals surface area contributed by atoms with E-state index in [1.165, 1.54) is 0 Å². The second kappa shape index (κ2) is 9.30. The van der Waals surface area contributed by atoms with E-state index in [1.807, 2.05) is 54.6 Å². The largest absolute Gasteiger partial charge is 0.497 e. The first-order chi connectivity index (χ1) is 15.4. The average molecular weight is 439 g/mol. The van der Waals surface area contributed by atoms with E-state index in [1.54, 1.807) is 12.0 Å². The maximum atomic E-state index is 12.9. The number of aliphatic hydroxyl groups excluding tert-OH is 2. The van der Waals surface area contributed by atoms with Gasteiger partial charge < -0.3 is 25.2 Å². The predicted octanol–water partition coefficient (Wildman–Crippen LogP) is 1.61. The van der Waals surface area contributed by atoms with Gasteiger partial charge >= 0.3 is 0 Å². The summed E-state index contributed by atoms with van der Waals surface area (Å²) in [5.41, 5.74) is 0.701. The molecule has 2 aliphatic rings. The van der Waals surface area contributed by atoms with Gasteiger partial charge in [-0.3, -0.25) is 9.59 Å². The van der Waals surface area contributed by atoms with Gasteiger partial charge in [0.15, 0.2) is 0 Å². The zero-order chi connectivity index (χ0) is 22.7. The summed E-state index contributed by atoms with van der Waals surface area (Å²) < 4.78 is 5.23. The quantitative estimate of drug-likeness (QED) is 0.637. The van der Waals surface area contributed by atoms with E-state index in [0.717, 1.165) is 11.1 Å². The van der Waals surface area contributed by atoms with Gasteiger partial charge in [0, 0.05) is 19.0 Å². The summed E-state index contributed by atoms with van der Waals surface area (Å²) in [6, 6.07) is 16.8. The topological polar surface area (TPSA) is 99.1 Å². The van der Waals surface area contributed by atoms with Crippen LogP contribution in [0.2, 0.25) is 0 Å². The monoisotopic (exact) mass is 438 g/mol. The summed E-state index contributed by atoms with van der Waals surface area (Å²) in [7, 11) is 1.59. The molecule has 2 atom stereocenters. The van der Waals surface area contributed by atoms with Gasteiger partial charge in [0.1, 0.15) is 5.75 Å². The van der Waals surface area contributed by atoms with Gasteiger partial charge in [-0.15, -0.1) is 0 Å². The van der Waals surface area contributed by atoms with Crippen molar-refractivity contribution in [2.45, 2.75) is 43.4 Å². The Balaban J connectivity index is 1.49. The summed E-state index contributed by atoms with van der Waals surface area (Å²) in [5.74, 6) is 0.216. The molecule has 0 bridgehead atoms. The Morgan fingerprint density at radius 2 is 1.88 bits per heavy atom. The third kappa shape index (κ3) is 4.49. The van der Waals surface area contributed by atoms with Gasteiger partial charge in [-0.05, 0) is 42.5 Å². The number of nitrogens with zero attached hydrogens (tertiary/aromatic N) is 1. The van der Waals surface area contributed by atoms with Gasteiger partial charge in [-0.2, -0.15) is 0 Å². The van der Waals surface area contributed by atoms with E-state index in [-0.39, 0.29) is 30.7 Å². The Morgan fingerprint density at radius 3 is 2.53 bits per heavy atom. The van der Waals surface area contributed by atoms with Crippen LogP contribution in [0.5, 0.6) is 5.75 Å². The van der Waals surface area contributed by atoms with Crippen LogP contribution in [0.1, 0.15) is 30.4 Å². The van der Waals surface area contributed by atoms with Crippen LogP contribution in [0.15, 0.2) is 54.6 Å². The molecule has 2 aromatic rings. The molecule has 7 heteroatoms. The molecule has 0 spiro atoms. The van der Waals surface area contributed by atoms with Crippen molar-refractivity contribution < 1.29 is 24.5 Å². The molecular weight excluding hydrogens is 408 g/mol. The lowest BCUT2D eigenvalue weighted by molar-refractivity contribution is -0.141. The number of β-amino-alcohol motifs (C(OH)–C–C–N with tert-alkyl or cyclic N) is 1. The normalized spacial score (nSPS) is 27.3. The molecule has 170 valence electrons. The van der Waals surface area contributed by atoms with E-state index in [2.05, 4.69) is 5.32 Å². The highest BCUT2D eigenvalue weighted by Crippen LogP contribution is 2.36. The Bertz CT molecular complexity index is 960. The van der Waals surface area contributed by atoms with Gasteiger partial charge in [0.05, 0.1) is 31.3 Å². The summed E-state index contributed by atoms with van der Waals surface area (Å²) in [6.07, 6.45) is 0.120. The van der Waals surface area contributed by atoms with Gasteiger partial charge in [-0.1, -0.05) is 42.5 Å². The first-order valence-corrected chi connectivity index (χ1v) is 11.1. The molecule has 1 aliphatic heterocycles. The lowest BCUT2D eigenvalue weighted by Gasteiger charge is -2.47. The van der Waals surface area contributed by atoms with Crippen molar-refractivity contribution in [2.24, 2.45) is 5.92 Å². The Kier molecular flexibility index (Phi) is 6.48. The highest BCUT2D eigenvalue weighted by atomic mass is 16.5. The minimum Gasteiger partial charge on any atom is -0.497 e. The van der Waals surface area contributed by atoms with Crippen LogP contribution in [0.3, 0.4) is 0 Å². The number of carbonyl (C=O) groups excluding carboxylic acids is 2. The van der Waals surface area contributed by atoms with E-state index >= 15 is 0 Å². The minimum absolute atomic E-state index is 0.0765. The molecule has 1 aliphatic carbocycles. The molecule has 1 heterocycles. The number of nitrogens with one attached hydrogen (secondary N) is 1. The molecular formula is C25H30N2O5. The van der Waals surface area contributed by atoms with Crippen molar-refractivity contribution in [3.8, 4) is 5.75 Å². The summed E-state index contributed by atoms with van der Waals surface area (Å²) in [5, 5.41) is 23.9. The van der Waals surface area contributed by atoms with Crippen LogP contribution in [0.25, 0.3) is 0 Å². The second-order valence-corrected chi connectivity index (χ2v) is 8.78. The summed E-state index contributed by atoms with van der Waals surface area (Å²) in [6.45, 7) is 0.549. The molecule has 2 fully saturated rings. The lowest BCUT2D eigenvalue weighted by Crippen LogP contribution is -2.64. The average Bonchev–Trinajstić information content (AvgIpc) is 2.78. The molecule has 2 aromatic carbocycles. The van der Waals surface area contributed by atoms with Crippen molar-refractivity contribution in [3.05, 3.63) is 65.7 Å². The van der Waals surface area contributed by atoms with Crippen LogP contribution < -0.4 is 10.1 Å². The highest BCUT2D eigenvalue weighted by molar-refractivity contribution is 5.81. The minimum atomic E-state index is -0.967. The number of carbonyl (C=O) groups is 2. The summed E-state index contributed by atoms with van der Waals surface area (Å²) >= 11 is 0. The molecule has 4 rings (SSSR count).